The summed E-state index contributed by atoms with van der Waals surface area (Å²) in [6.07, 6.45) is 5.44. The van der Waals surface area contributed by atoms with Crippen LogP contribution < -0.4 is 0 Å². The van der Waals surface area contributed by atoms with Crippen molar-refractivity contribution in [3.8, 4) is 0 Å². The minimum Gasteiger partial charge on any atom is -0.0882 e. The molecular weight excluding hydrogens is 84.1 g/mol. The van der Waals surface area contributed by atoms with Gasteiger partial charge < -0.3 is 0 Å². The minimum atomic E-state index is 1.14. The predicted octanol–water partition coefficient (Wildman–Crippen LogP) is 2.57. The van der Waals surface area contributed by atoms with E-state index in [1.54, 1.807) is 0 Å². The first-order chi connectivity index (χ1) is 3.27. The third-order valence-corrected chi connectivity index (χ3v) is 0.687. The highest BCUT2D eigenvalue weighted by Crippen LogP contribution is 1.96. The topological polar surface area (TPSA) is 0 Å². The summed E-state index contributed by atoms with van der Waals surface area (Å²) in [5, 5.41) is 0. The zero-order valence-electron chi connectivity index (χ0n) is 5.36. The maximum absolute atomic E-state index is 2.16. The smallest absolute Gasteiger partial charge is 0.00892 e. The van der Waals surface area contributed by atoms with Gasteiger partial charge in [0.25, 0.3) is 0 Å². The van der Waals surface area contributed by atoms with Gasteiger partial charge in [-0.3, -0.25) is 0 Å². The van der Waals surface area contributed by atoms with Gasteiger partial charge in [0.2, 0.25) is 0 Å². The third kappa shape index (κ3) is 5.74. The summed E-state index contributed by atoms with van der Waals surface area (Å²) in [4.78, 5) is 0. The molecule has 0 nitrogen and oxygen atoms in total. The number of rotatable bonds is 2. The fraction of sp³-hybridized carbons (Fsp3) is 0.571. The quantitative estimate of drug-likeness (QED) is 0.496. The monoisotopic (exact) mass is 97.1 g/mol. The summed E-state index contributed by atoms with van der Waals surface area (Å²) in [6, 6.07) is 0. The van der Waals surface area contributed by atoms with Gasteiger partial charge in [-0.05, 0) is 12.3 Å². The molecule has 0 N–H and O–H groups in total. The molecule has 0 rings (SSSR count). The average molecular weight is 97.2 g/mol. The molecule has 0 atom stereocenters. The van der Waals surface area contributed by atoms with Crippen LogP contribution in [0, 0.1) is 5.92 Å². The van der Waals surface area contributed by atoms with Crippen LogP contribution in [-0.2, 0) is 0 Å². The second-order valence-electron chi connectivity index (χ2n) is 1.89. The van der Waals surface area contributed by atoms with Gasteiger partial charge in [-0.1, -0.05) is 32.9 Å². The average Bonchev–Trinajstić information content (AvgIpc) is 1.61. The molecule has 7 heavy (non-hydrogen) atoms. The summed E-state index contributed by atoms with van der Waals surface area (Å²) in [7, 11) is 0. The molecule has 0 saturated carbocycles. The predicted molar refractivity (Wildman–Crippen MR) is 34.0 cm³/mol. The Bertz CT molecular complexity index is 51.1. The largest absolute Gasteiger partial charge is 0.0882 e. The van der Waals surface area contributed by atoms with Crippen molar-refractivity contribution in [1.82, 2.24) is 0 Å². The fourth-order valence-electron chi connectivity index (χ4n) is 0.354. The van der Waals surface area contributed by atoms with E-state index in [1.165, 1.54) is 5.92 Å². The standard InChI is InChI=1S/C7H13/c1-4-5-6-7(2)3/h5-6H,4H2,1-3H3/b6-5+. The summed E-state index contributed by atoms with van der Waals surface area (Å²) < 4.78 is 0. The van der Waals surface area contributed by atoms with Gasteiger partial charge in [0.05, 0.1) is 0 Å². The van der Waals surface area contributed by atoms with Gasteiger partial charge in [-0.2, -0.15) is 0 Å². The SMILES string of the molecule is CC/C=C/[C](C)C. The molecule has 0 aromatic heterocycles. The molecule has 0 aliphatic rings. The van der Waals surface area contributed by atoms with Crippen molar-refractivity contribution in [2.45, 2.75) is 27.2 Å². The van der Waals surface area contributed by atoms with E-state index in [2.05, 4.69) is 32.9 Å². The van der Waals surface area contributed by atoms with Gasteiger partial charge in [-0.25, -0.2) is 0 Å². The molecule has 0 bridgehead atoms. The maximum Gasteiger partial charge on any atom is -0.00892 e. The van der Waals surface area contributed by atoms with E-state index < -0.39 is 0 Å². The van der Waals surface area contributed by atoms with E-state index in [1.807, 2.05) is 0 Å². The van der Waals surface area contributed by atoms with Crippen LogP contribution in [0.4, 0.5) is 0 Å². The molecule has 0 aliphatic carbocycles. The maximum atomic E-state index is 2.16. The lowest BCUT2D eigenvalue weighted by atomic mass is 10.2. The second kappa shape index (κ2) is 3.91. The third-order valence-electron chi connectivity index (χ3n) is 0.687. The minimum absolute atomic E-state index is 1.14. The van der Waals surface area contributed by atoms with Crippen LogP contribution in [0.2, 0.25) is 0 Å². The van der Waals surface area contributed by atoms with E-state index in [9.17, 15) is 0 Å². The van der Waals surface area contributed by atoms with Crippen molar-refractivity contribution < 1.29 is 0 Å². The summed E-state index contributed by atoms with van der Waals surface area (Å²) >= 11 is 0. The van der Waals surface area contributed by atoms with Crippen LogP contribution in [0.3, 0.4) is 0 Å². The molecule has 0 aromatic rings. The van der Waals surface area contributed by atoms with Gasteiger partial charge >= 0.3 is 0 Å². The Hall–Kier alpha value is -0.260. The first-order valence-corrected chi connectivity index (χ1v) is 2.74. The lowest BCUT2D eigenvalue weighted by molar-refractivity contribution is 1.16. The molecular formula is C7H13. The molecule has 0 heterocycles. The summed E-state index contributed by atoms with van der Waals surface area (Å²) in [5.74, 6) is 1.38. The Kier molecular flexibility index (Phi) is 3.77. The molecule has 0 unspecified atom stereocenters. The van der Waals surface area contributed by atoms with Gasteiger partial charge in [0.1, 0.15) is 0 Å². The molecule has 0 saturated heterocycles. The van der Waals surface area contributed by atoms with Gasteiger partial charge in [0, 0.05) is 0 Å². The molecule has 0 spiro atoms. The highest BCUT2D eigenvalue weighted by molar-refractivity contribution is 5.02. The van der Waals surface area contributed by atoms with Gasteiger partial charge in [0.15, 0.2) is 0 Å². The Morgan fingerprint density at radius 3 is 2.14 bits per heavy atom. The van der Waals surface area contributed by atoms with Crippen LogP contribution in [0.5, 0.6) is 0 Å². The molecule has 0 amide bonds. The molecule has 1 radical (unpaired) electrons. The molecule has 0 aliphatic heterocycles. The molecule has 41 valence electrons. The highest BCUT2D eigenvalue weighted by atomic mass is 13.8. The van der Waals surface area contributed by atoms with Crippen molar-refractivity contribution in [1.29, 1.82) is 0 Å². The van der Waals surface area contributed by atoms with Crippen molar-refractivity contribution in [2.75, 3.05) is 0 Å². The Labute approximate surface area is 46.2 Å². The Morgan fingerprint density at radius 2 is 2.00 bits per heavy atom. The lowest BCUT2D eigenvalue weighted by Gasteiger charge is -1.88. The Morgan fingerprint density at radius 1 is 1.43 bits per heavy atom. The Balaban J connectivity index is 3.08. The lowest BCUT2D eigenvalue weighted by Crippen LogP contribution is -1.71. The van der Waals surface area contributed by atoms with E-state index in [4.69, 9.17) is 0 Å². The first-order valence-electron chi connectivity index (χ1n) is 2.74. The van der Waals surface area contributed by atoms with Crippen LogP contribution in [0.1, 0.15) is 27.2 Å². The first kappa shape index (κ1) is 6.74. The zero-order chi connectivity index (χ0) is 5.70. The van der Waals surface area contributed by atoms with E-state index in [-0.39, 0.29) is 0 Å². The number of hydrogen-bond donors (Lipinski definition) is 0. The highest BCUT2D eigenvalue weighted by Gasteiger charge is 1.79. The van der Waals surface area contributed by atoms with Crippen LogP contribution in [-0.4, -0.2) is 0 Å². The number of allylic oxidation sites excluding steroid dienone is 2. The van der Waals surface area contributed by atoms with Crippen molar-refractivity contribution in [2.24, 2.45) is 0 Å². The van der Waals surface area contributed by atoms with Crippen molar-refractivity contribution >= 4 is 0 Å². The molecule has 0 heteroatoms. The fourth-order valence-corrected chi connectivity index (χ4v) is 0.354. The van der Waals surface area contributed by atoms with Crippen molar-refractivity contribution in [3.05, 3.63) is 18.1 Å². The second-order valence-corrected chi connectivity index (χ2v) is 1.89. The zero-order valence-corrected chi connectivity index (χ0v) is 5.36. The van der Waals surface area contributed by atoms with Crippen molar-refractivity contribution in [3.63, 3.8) is 0 Å². The summed E-state index contributed by atoms with van der Waals surface area (Å²) in [5.41, 5.74) is 0. The van der Waals surface area contributed by atoms with E-state index in [0.717, 1.165) is 6.42 Å². The molecule has 0 fully saturated rings. The van der Waals surface area contributed by atoms with Gasteiger partial charge in [-0.15, -0.1) is 0 Å². The number of hydrogen-bond acceptors (Lipinski definition) is 0. The van der Waals surface area contributed by atoms with Crippen LogP contribution >= 0.6 is 0 Å². The van der Waals surface area contributed by atoms with E-state index in [0.29, 0.717) is 0 Å². The van der Waals surface area contributed by atoms with E-state index >= 15 is 0 Å². The molecule has 0 aromatic carbocycles. The summed E-state index contributed by atoms with van der Waals surface area (Å²) in [6.45, 7) is 6.35. The van der Waals surface area contributed by atoms with Crippen LogP contribution in [0.25, 0.3) is 0 Å². The van der Waals surface area contributed by atoms with Crippen LogP contribution in [0.15, 0.2) is 12.2 Å². The normalized spacial score (nSPS) is 11.4.